The molecule has 0 aliphatic carbocycles. The van der Waals surface area contributed by atoms with Crippen LogP contribution in [0.3, 0.4) is 0 Å². The minimum Gasteiger partial charge on any atom is -0.299 e. The number of carbonyl (C=O) groups is 1. The van der Waals surface area contributed by atoms with Gasteiger partial charge in [0.1, 0.15) is 5.78 Å². The quantitative estimate of drug-likeness (QED) is 0.602. The van der Waals surface area contributed by atoms with E-state index in [4.69, 9.17) is 0 Å². The Balaban J connectivity index is 2.22. The van der Waals surface area contributed by atoms with E-state index in [1.807, 2.05) is 17.8 Å². The summed E-state index contributed by atoms with van der Waals surface area (Å²) in [6.07, 6.45) is 4.47. The van der Waals surface area contributed by atoms with Crippen LogP contribution >= 0.6 is 11.8 Å². The van der Waals surface area contributed by atoms with Crippen molar-refractivity contribution < 1.29 is 4.79 Å². The van der Waals surface area contributed by atoms with Gasteiger partial charge < -0.3 is 0 Å². The molecule has 1 atom stereocenters. The van der Waals surface area contributed by atoms with Gasteiger partial charge in [0.05, 0.1) is 0 Å². The summed E-state index contributed by atoms with van der Waals surface area (Å²) in [5, 5.41) is 0. The fourth-order valence-corrected chi connectivity index (χ4v) is 2.49. The largest absolute Gasteiger partial charge is 0.299 e. The molecule has 1 saturated heterocycles. The SMILES string of the molecule is C=CCCC(=O)C1CCSC1. The van der Waals surface area contributed by atoms with Gasteiger partial charge in [-0.1, -0.05) is 6.08 Å². The Morgan fingerprint density at radius 3 is 3.09 bits per heavy atom. The molecule has 0 aromatic carbocycles. The van der Waals surface area contributed by atoms with Crippen molar-refractivity contribution in [1.82, 2.24) is 0 Å². The second-order valence-corrected chi connectivity index (χ2v) is 4.00. The first kappa shape index (κ1) is 8.85. The maximum atomic E-state index is 11.3. The predicted octanol–water partition coefficient (Wildman–Crippen LogP) is 2.27. The molecule has 0 aromatic heterocycles. The zero-order valence-electron chi connectivity index (χ0n) is 6.71. The summed E-state index contributed by atoms with van der Waals surface area (Å²) in [5.41, 5.74) is 0. The first-order chi connectivity index (χ1) is 5.34. The van der Waals surface area contributed by atoms with Crippen LogP contribution in [0, 0.1) is 5.92 Å². The zero-order valence-corrected chi connectivity index (χ0v) is 7.53. The van der Waals surface area contributed by atoms with Gasteiger partial charge in [-0.15, -0.1) is 6.58 Å². The van der Waals surface area contributed by atoms with E-state index in [1.165, 1.54) is 5.75 Å². The van der Waals surface area contributed by atoms with Crippen LogP contribution in [-0.4, -0.2) is 17.3 Å². The third kappa shape index (κ3) is 2.70. The van der Waals surface area contributed by atoms with E-state index in [1.54, 1.807) is 0 Å². The van der Waals surface area contributed by atoms with Gasteiger partial charge in [0, 0.05) is 18.1 Å². The lowest BCUT2D eigenvalue weighted by Gasteiger charge is -2.04. The molecular formula is C9H14OS. The molecule has 0 radical (unpaired) electrons. The Kier molecular flexibility index (Phi) is 3.70. The molecule has 1 heterocycles. The second kappa shape index (κ2) is 4.60. The molecule has 1 aliphatic rings. The molecular weight excluding hydrogens is 156 g/mol. The zero-order chi connectivity index (χ0) is 8.10. The molecule has 0 spiro atoms. The Labute approximate surface area is 72.2 Å². The van der Waals surface area contributed by atoms with E-state index in [-0.39, 0.29) is 0 Å². The fourth-order valence-electron chi connectivity index (χ4n) is 1.24. The summed E-state index contributed by atoms with van der Waals surface area (Å²) >= 11 is 1.90. The van der Waals surface area contributed by atoms with E-state index < -0.39 is 0 Å². The molecule has 1 unspecified atom stereocenters. The Bertz CT molecular complexity index is 148. The molecule has 0 amide bonds. The summed E-state index contributed by atoms with van der Waals surface area (Å²) in [6, 6.07) is 0. The monoisotopic (exact) mass is 170 g/mol. The van der Waals surface area contributed by atoms with Gasteiger partial charge in [0.15, 0.2) is 0 Å². The fraction of sp³-hybridized carbons (Fsp3) is 0.667. The lowest BCUT2D eigenvalue weighted by atomic mass is 10.00. The molecule has 62 valence electrons. The van der Waals surface area contributed by atoms with Crippen molar-refractivity contribution in [2.24, 2.45) is 5.92 Å². The predicted molar refractivity (Wildman–Crippen MR) is 49.9 cm³/mol. The molecule has 0 N–H and O–H groups in total. The first-order valence-electron chi connectivity index (χ1n) is 4.06. The Morgan fingerprint density at radius 2 is 2.55 bits per heavy atom. The number of ketones is 1. The lowest BCUT2D eigenvalue weighted by molar-refractivity contribution is -0.122. The highest BCUT2D eigenvalue weighted by atomic mass is 32.2. The van der Waals surface area contributed by atoms with Gasteiger partial charge in [-0.05, 0) is 18.6 Å². The van der Waals surface area contributed by atoms with E-state index >= 15 is 0 Å². The Morgan fingerprint density at radius 1 is 1.73 bits per heavy atom. The van der Waals surface area contributed by atoms with Crippen LogP contribution in [0.2, 0.25) is 0 Å². The maximum Gasteiger partial charge on any atom is 0.137 e. The van der Waals surface area contributed by atoms with Crippen LogP contribution in [-0.2, 0) is 4.79 Å². The van der Waals surface area contributed by atoms with Gasteiger partial charge >= 0.3 is 0 Å². The van der Waals surface area contributed by atoms with Gasteiger partial charge in [0.2, 0.25) is 0 Å². The van der Waals surface area contributed by atoms with Crippen LogP contribution in [0.15, 0.2) is 12.7 Å². The summed E-state index contributed by atoms with van der Waals surface area (Å²) in [5.74, 6) is 3.02. The molecule has 1 fully saturated rings. The number of hydrogen-bond acceptors (Lipinski definition) is 2. The van der Waals surface area contributed by atoms with E-state index in [9.17, 15) is 4.79 Å². The van der Waals surface area contributed by atoms with E-state index in [0.717, 1.165) is 18.6 Å². The topological polar surface area (TPSA) is 17.1 Å². The van der Waals surface area contributed by atoms with Crippen molar-refractivity contribution in [3.63, 3.8) is 0 Å². The van der Waals surface area contributed by atoms with E-state index in [0.29, 0.717) is 18.1 Å². The summed E-state index contributed by atoms with van der Waals surface area (Å²) in [6.45, 7) is 3.60. The molecule has 11 heavy (non-hydrogen) atoms. The number of hydrogen-bond donors (Lipinski definition) is 0. The average molecular weight is 170 g/mol. The minimum atomic E-state index is 0.361. The molecule has 1 rings (SSSR count). The second-order valence-electron chi connectivity index (χ2n) is 2.85. The summed E-state index contributed by atoms with van der Waals surface area (Å²) in [7, 11) is 0. The number of carbonyl (C=O) groups excluding carboxylic acids is 1. The standard InChI is InChI=1S/C9H14OS/c1-2-3-4-9(10)8-5-6-11-7-8/h2,8H,1,3-7H2. The van der Waals surface area contributed by atoms with Crippen molar-refractivity contribution in [2.45, 2.75) is 19.3 Å². The van der Waals surface area contributed by atoms with Crippen LogP contribution in [0.4, 0.5) is 0 Å². The number of thioether (sulfide) groups is 1. The van der Waals surface area contributed by atoms with Gasteiger partial charge in [0.25, 0.3) is 0 Å². The summed E-state index contributed by atoms with van der Waals surface area (Å²) < 4.78 is 0. The third-order valence-electron chi connectivity index (χ3n) is 1.98. The minimum absolute atomic E-state index is 0.361. The average Bonchev–Trinajstić information content (AvgIpc) is 2.52. The summed E-state index contributed by atoms with van der Waals surface area (Å²) in [4.78, 5) is 11.3. The van der Waals surface area contributed by atoms with E-state index in [2.05, 4.69) is 6.58 Å². The van der Waals surface area contributed by atoms with Crippen LogP contribution in [0.1, 0.15) is 19.3 Å². The number of Topliss-reactive ketones (excluding diaryl/α,β-unsaturated/α-hetero) is 1. The molecule has 1 aliphatic heterocycles. The molecule has 2 heteroatoms. The van der Waals surface area contributed by atoms with Crippen LogP contribution in [0.25, 0.3) is 0 Å². The normalized spacial score (nSPS) is 23.5. The highest BCUT2D eigenvalue weighted by Crippen LogP contribution is 2.25. The van der Waals surface area contributed by atoms with Crippen molar-refractivity contribution >= 4 is 17.5 Å². The molecule has 0 saturated carbocycles. The van der Waals surface area contributed by atoms with Crippen LogP contribution in [0.5, 0.6) is 0 Å². The van der Waals surface area contributed by atoms with Crippen LogP contribution < -0.4 is 0 Å². The molecule has 1 nitrogen and oxygen atoms in total. The van der Waals surface area contributed by atoms with Crippen molar-refractivity contribution in [1.29, 1.82) is 0 Å². The van der Waals surface area contributed by atoms with Gasteiger partial charge in [-0.3, -0.25) is 4.79 Å². The van der Waals surface area contributed by atoms with Crippen molar-refractivity contribution in [2.75, 3.05) is 11.5 Å². The lowest BCUT2D eigenvalue weighted by Crippen LogP contribution is -2.12. The number of rotatable bonds is 4. The first-order valence-corrected chi connectivity index (χ1v) is 5.21. The van der Waals surface area contributed by atoms with Crippen molar-refractivity contribution in [3.8, 4) is 0 Å². The third-order valence-corrected chi connectivity index (χ3v) is 3.14. The van der Waals surface area contributed by atoms with Gasteiger partial charge in [-0.2, -0.15) is 11.8 Å². The maximum absolute atomic E-state index is 11.3. The highest BCUT2D eigenvalue weighted by Gasteiger charge is 2.21. The van der Waals surface area contributed by atoms with Crippen molar-refractivity contribution in [3.05, 3.63) is 12.7 Å². The highest BCUT2D eigenvalue weighted by molar-refractivity contribution is 7.99. The molecule has 0 aromatic rings. The number of allylic oxidation sites excluding steroid dienone is 1. The smallest absolute Gasteiger partial charge is 0.137 e. The van der Waals surface area contributed by atoms with Gasteiger partial charge in [-0.25, -0.2) is 0 Å². The Hall–Kier alpha value is -0.240. The molecule has 0 bridgehead atoms.